The lowest BCUT2D eigenvalue weighted by molar-refractivity contribution is 1.18. The van der Waals surface area contributed by atoms with E-state index in [2.05, 4.69) is 40.6 Å². The summed E-state index contributed by atoms with van der Waals surface area (Å²) in [6.07, 6.45) is 4.10. The van der Waals surface area contributed by atoms with Crippen LogP contribution in [0.2, 0.25) is 0 Å². The smallest absolute Gasteiger partial charge is 0.0633 e. The Morgan fingerprint density at radius 1 is 1.00 bits per heavy atom. The molecule has 0 fully saturated rings. The second kappa shape index (κ2) is 6.01. The molecule has 91 valence electrons. The Hall–Kier alpha value is -2.09. The predicted octanol–water partition coefficient (Wildman–Crippen LogP) is 4.15. The number of hydrogen-bond donors (Lipinski definition) is 1. The van der Waals surface area contributed by atoms with E-state index in [0.717, 1.165) is 17.1 Å². The first-order chi connectivity index (χ1) is 8.78. The molecule has 1 aromatic heterocycles. The van der Waals surface area contributed by atoms with Crippen LogP contribution in [0.5, 0.6) is 0 Å². The monoisotopic (exact) mass is 237 g/mol. The molecule has 2 nitrogen and oxygen atoms in total. The summed E-state index contributed by atoms with van der Waals surface area (Å²) >= 11 is 0. The van der Waals surface area contributed by atoms with E-state index in [9.17, 15) is 0 Å². The van der Waals surface area contributed by atoms with Crippen molar-refractivity contribution in [2.75, 3.05) is 5.32 Å². The van der Waals surface area contributed by atoms with Crippen molar-refractivity contribution in [1.29, 1.82) is 0 Å². The fourth-order valence-corrected chi connectivity index (χ4v) is 1.70. The van der Waals surface area contributed by atoms with Crippen molar-refractivity contribution in [1.82, 2.24) is 4.98 Å². The highest BCUT2D eigenvalue weighted by molar-refractivity contribution is 5.69. The quantitative estimate of drug-likeness (QED) is 0.863. The summed E-state index contributed by atoms with van der Waals surface area (Å²) in [5, 5.41) is 3.15. The van der Waals surface area contributed by atoms with E-state index in [1.54, 1.807) is 0 Å². The molecule has 1 heterocycles. The van der Waals surface area contributed by atoms with Gasteiger partial charge in [0.15, 0.2) is 0 Å². The summed E-state index contributed by atoms with van der Waals surface area (Å²) in [5.74, 6) is 0. The van der Waals surface area contributed by atoms with Crippen molar-refractivity contribution in [3.8, 4) is 0 Å². The van der Waals surface area contributed by atoms with Gasteiger partial charge in [-0.15, -0.1) is 0 Å². The van der Waals surface area contributed by atoms with E-state index in [1.165, 1.54) is 5.56 Å². The number of nitrogens with zero attached hydrogens (tertiary/aromatic N) is 1. The molecule has 0 bridgehead atoms. The second-order valence-corrected chi connectivity index (χ2v) is 4.09. The SMILES string of the molecule is C[CH]Nc1ccc(C=Cc2cccc(C)n2)cc1. The van der Waals surface area contributed by atoms with Gasteiger partial charge >= 0.3 is 0 Å². The van der Waals surface area contributed by atoms with Gasteiger partial charge in [-0.1, -0.05) is 24.3 Å². The van der Waals surface area contributed by atoms with Crippen molar-refractivity contribution in [2.24, 2.45) is 0 Å². The first-order valence-electron chi connectivity index (χ1n) is 6.04. The summed E-state index contributed by atoms with van der Waals surface area (Å²) in [6.45, 7) is 5.89. The van der Waals surface area contributed by atoms with Crippen molar-refractivity contribution in [2.45, 2.75) is 13.8 Å². The molecule has 1 aromatic carbocycles. The van der Waals surface area contributed by atoms with E-state index in [0.29, 0.717) is 0 Å². The van der Waals surface area contributed by atoms with Gasteiger partial charge < -0.3 is 5.32 Å². The molecule has 0 saturated carbocycles. The Bertz CT molecular complexity index is 527. The molecule has 0 aliphatic carbocycles. The van der Waals surface area contributed by atoms with Gasteiger partial charge in [-0.2, -0.15) is 0 Å². The van der Waals surface area contributed by atoms with Gasteiger partial charge in [-0.25, -0.2) is 0 Å². The first kappa shape index (κ1) is 12.4. The number of nitrogens with one attached hydrogen (secondary N) is 1. The van der Waals surface area contributed by atoms with Crippen LogP contribution in [0, 0.1) is 13.5 Å². The van der Waals surface area contributed by atoms with E-state index in [4.69, 9.17) is 0 Å². The molecule has 0 saturated heterocycles. The van der Waals surface area contributed by atoms with Crippen molar-refractivity contribution >= 4 is 17.8 Å². The zero-order chi connectivity index (χ0) is 12.8. The zero-order valence-corrected chi connectivity index (χ0v) is 10.7. The third kappa shape index (κ3) is 3.45. The normalized spacial score (nSPS) is 10.8. The molecular formula is C16H17N2. The Kier molecular flexibility index (Phi) is 4.13. The van der Waals surface area contributed by atoms with Gasteiger partial charge in [0, 0.05) is 17.9 Å². The maximum atomic E-state index is 4.43. The number of benzene rings is 1. The molecule has 2 aromatic rings. The van der Waals surface area contributed by atoms with Crippen LogP contribution in [-0.4, -0.2) is 4.98 Å². The number of aromatic nitrogens is 1. The minimum Gasteiger partial charge on any atom is -0.381 e. The number of hydrogen-bond acceptors (Lipinski definition) is 2. The fraction of sp³-hybridized carbons (Fsp3) is 0.125. The van der Waals surface area contributed by atoms with Gasteiger partial charge in [0.05, 0.1) is 5.69 Å². The van der Waals surface area contributed by atoms with Crippen LogP contribution in [0.25, 0.3) is 12.2 Å². The zero-order valence-electron chi connectivity index (χ0n) is 10.7. The standard InChI is InChI=1S/C16H17N2/c1-3-17-15-10-7-14(8-11-15)9-12-16-6-4-5-13(2)18-16/h3-12,17H,1-2H3. The molecule has 1 radical (unpaired) electrons. The summed E-state index contributed by atoms with van der Waals surface area (Å²) in [4.78, 5) is 4.43. The van der Waals surface area contributed by atoms with Crippen LogP contribution < -0.4 is 5.32 Å². The molecule has 18 heavy (non-hydrogen) atoms. The topological polar surface area (TPSA) is 24.9 Å². The van der Waals surface area contributed by atoms with E-state index >= 15 is 0 Å². The molecule has 0 spiro atoms. The lowest BCUT2D eigenvalue weighted by atomic mass is 10.1. The molecule has 0 aliphatic heterocycles. The summed E-state index contributed by atoms with van der Waals surface area (Å²) in [6, 6.07) is 14.3. The number of aryl methyl sites for hydroxylation is 1. The van der Waals surface area contributed by atoms with Crippen LogP contribution in [0.3, 0.4) is 0 Å². The predicted molar refractivity (Wildman–Crippen MR) is 77.9 cm³/mol. The Labute approximate surface area is 108 Å². The molecular weight excluding hydrogens is 220 g/mol. The third-order valence-corrected chi connectivity index (χ3v) is 2.58. The van der Waals surface area contributed by atoms with Gasteiger partial charge in [0.2, 0.25) is 0 Å². The van der Waals surface area contributed by atoms with Gasteiger partial charge in [0.25, 0.3) is 0 Å². The lowest BCUT2D eigenvalue weighted by Gasteiger charge is -2.02. The maximum absolute atomic E-state index is 4.43. The first-order valence-corrected chi connectivity index (χ1v) is 6.04. The van der Waals surface area contributed by atoms with Crippen LogP contribution in [0.4, 0.5) is 5.69 Å². The largest absolute Gasteiger partial charge is 0.381 e. The van der Waals surface area contributed by atoms with E-state index in [-0.39, 0.29) is 0 Å². The Balaban J connectivity index is 2.09. The lowest BCUT2D eigenvalue weighted by Crippen LogP contribution is -1.89. The maximum Gasteiger partial charge on any atom is 0.0633 e. The number of pyridine rings is 1. The molecule has 0 amide bonds. The third-order valence-electron chi connectivity index (χ3n) is 2.58. The molecule has 2 heteroatoms. The highest BCUT2D eigenvalue weighted by atomic mass is 14.8. The van der Waals surface area contributed by atoms with E-state index in [1.807, 2.05) is 44.7 Å². The summed E-state index contributed by atoms with van der Waals surface area (Å²) in [5.41, 5.74) is 4.29. The molecule has 0 atom stereocenters. The van der Waals surface area contributed by atoms with Crippen LogP contribution >= 0.6 is 0 Å². The fourth-order valence-electron chi connectivity index (χ4n) is 1.70. The van der Waals surface area contributed by atoms with E-state index < -0.39 is 0 Å². The summed E-state index contributed by atoms with van der Waals surface area (Å²) < 4.78 is 0. The number of anilines is 1. The minimum absolute atomic E-state index is 0.985. The van der Waals surface area contributed by atoms with Crippen LogP contribution in [0.15, 0.2) is 42.5 Å². The molecule has 0 aliphatic rings. The average molecular weight is 237 g/mol. The van der Waals surface area contributed by atoms with Gasteiger partial charge in [0.1, 0.15) is 0 Å². The molecule has 1 N–H and O–H groups in total. The second-order valence-electron chi connectivity index (χ2n) is 4.09. The minimum atomic E-state index is 0.985. The average Bonchev–Trinajstić information content (AvgIpc) is 2.38. The highest BCUT2D eigenvalue weighted by Gasteiger charge is 1.92. The van der Waals surface area contributed by atoms with Crippen molar-refractivity contribution in [3.05, 3.63) is 66.0 Å². The van der Waals surface area contributed by atoms with Gasteiger partial charge in [-0.05, 0) is 49.8 Å². The highest BCUT2D eigenvalue weighted by Crippen LogP contribution is 2.12. The summed E-state index contributed by atoms with van der Waals surface area (Å²) in [7, 11) is 0. The Morgan fingerprint density at radius 3 is 2.44 bits per heavy atom. The molecule has 2 rings (SSSR count). The number of rotatable bonds is 4. The molecule has 0 unspecified atom stereocenters. The van der Waals surface area contributed by atoms with Crippen LogP contribution in [0.1, 0.15) is 23.9 Å². The van der Waals surface area contributed by atoms with Gasteiger partial charge in [-0.3, -0.25) is 4.98 Å². The van der Waals surface area contributed by atoms with Crippen molar-refractivity contribution < 1.29 is 0 Å². The van der Waals surface area contributed by atoms with Crippen molar-refractivity contribution in [3.63, 3.8) is 0 Å². The Morgan fingerprint density at radius 2 is 1.78 bits per heavy atom. The van der Waals surface area contributed by atoms with Crippen LogP contribution in [-0.2, 0) is 0 Å².